The van der Waals surface area contributed by atoms with Crippen LogP contribution >= 0.6 is 0 Å². The van der Waals surface area contributed by atoms with E-state index in [9.17, 15) is 9.59 Å². The highest BCUT2D eigenvalue weighted by atomic mass is 16.6. The first kappa shape index (κ1) is 32.5. The quantitative estimate of drug-likeness (QED) is 0.245. The molecular weight excluding hydrogens is 562 g/mol. The zero-order valence-corrected chi connectivity index (χ0v) is 29.6. The van der Waals surface area contributed by atoms with Crippen LogP contribution in [-0.2, 0) is 32.8 Å². The third-order valence-corrected chi connectivity index (χ3v) is 14.6. The van der Waals surface area contributed by atoms with Gasteiger partial charge in [-0.05, 0) is 124 Å². The standard InChI is InChI=1S/C38H57N3O4/c1-11-44-32(43)35(6)17-16-34(5)18-19-37(8)26(27(34)22-35)21-28(42)31-36(7)14-13-30(33(3,4)29(36)12-15-38(31,37)9)40-45-23-25-20-24(2)39-41(25)10/h20-21,27,29,31H,11-19,22-23H2,1-10H3/b40-30+/t27-,29-,31+,34+,35-,36-,37+,38+/m0/s1. The Kier molecular flexibility index (Phi) is 7.61. The molecule has 248 valence electrons. The molecule has 0 bridgehead atoms. The summed E-state index contributed by atoms with van der Waals surface area (Å²) in [6.45, 7) is 21.2. The zero-order valence-electron chi connectivity index (χ0n) is 29.6. The van der Waals surface area contributed by atoms with Crippen molar-refractivity contribution < 1.29 is 19.2 Å². The molecule has 0 aromatic carbocycles. The second-order valence-electron chi connectivity index (χ2n) is 17.4. The smallest absolute Gasteiger partial charge is 0.311 e. The fraction of sp³-hybridized carbons (Fsp3) is 0.789. The minimum Gasteiger partial charge on any atom is -0.466 e. The Bertz CT molecular complexity index is 1460. The predicted octanol–water partition coefficient (Wildman–Crippen LogP) is 8.14. The molecule has 0 spiro atoms. The molecule has 7 heteroatoms. The van der Waals surface area contributed by atoms with Crippen LogP contribution in [0.3, 0.4) is 0 Å². The third-order valence-electron chi connectivity index (χ3n) is 14.6. The summed E-state index contributed by atoms with van der Waals surface area (Å²) < 4.78 is 7.45. The van der Waals surface area contributed by atoms with Gasteiger partial charge in [0.2, 0.25) is 0 Å². The summed E-state index contributed by atoms with van der Waals surface area (Å²) in [5.41, 5.74) is 3.58. The lowest BCUT2D eigenvalue weighted by atomic mass is 9.33. The molecule has 5 aliphatic carbocycles. The summed E-state index contributed by atoms with van der Waals surface area (Å²) in [6.07, 6.45) is 10.9. The molecule has 0 radical (unpaired) electrons. The van der Waals surface area contributed by atoms with Crippen LogP contribution in [0.2, 0.25) is 0 Å². The number of aryl methyl sites for hydroxylation is 2. The van der Waals surface area contributed by atoms with Crippen LogP contribution in [-0.4, -0.2) is 33.9 Å². The zero-order chi connectivity index (χ0) is 32.8. The van der Waals surface area contributed by atoms with E-state index in [2.05, 4.69) is 59.6 Å². The van der Waals surface area contributed by atoms with E-state index in [4.69, 9.17) is 14.7 Å². The maximum absolute atomic E-state index is 14.7. The van der Waals surface area contributed by atoms with E-state index in [1.807, 2.05) is 31.6 Å². The van der Waals surface area contributed by atoms with Crippen LogP contribution in [0.4, 0.5) is 0 Å². The first-order valence-electron chi connectivity index (χ1n) is 17.6. The number of rotatable bonds is 5. The number of hydrogen-bond donors (Lipinski definition) is 0. The van der Waals surface area contributed by atoms with Gasteiger partial charge in [0.05, 0.1) is 29.1 Å². The fourth-order valence-electron chi connectivity index (χ4n) is 11.6. The lowest BCUT2D eigenvalue weighted by Crippen LogP contribution is -2.66. The van der Waals surface area contributed by atoms with Gasteiger partial charge in [-0.25, -0.2) is 0 Å². The molecule has 0 saturated heterocycles. The molecule has 6 rings (SSSR count). The molecule has 4 saturated carbocycles. The highest BCUT2D eigenvalue weighted by molar-refractivity contribution is 5.97. The number of hydrogen-bond acceptors (Lipinski definition) is 6. The highest BCUT2D eigenvalue weighted by Gasteiger charge is 2.70. The Morgan fingerprint density at radius 3 is 2.42 bits per heavy atom. The molecule has 5 aliphatic rings. The molecule has 0 unspecified atom stereocenters. The van der Waals surface area contributed by atoms with Crippen LogP contribution in [0.5, 0.6) is 0 Å². The van der Waals surface area contributed by atoms with Crippen LogP contribution < -0.4 is 0 Å². The molecule has 1 heterocycles. The summed E-state index contributed by atoms with van der Waals surface area (Å²) in [7, 11) is 1.94. The topological polar surface area (TPSA) is 82.8 Å². The number of esters is 1. The van der Waals surface area contributed by atoms with E-state index in [1.54, 1.807) is 0 Å². The van der Waals surface area contributed by atoms with E-state index >= 15 is 0 Å². The van der Waals surface area contributed by atoms with Crippen molar-refractivity contribution in [3.8, 4) is 0 Å². The van der Waals surface area contributed by atoms with Gasteiger partial charge in [0.1, 0.15) is 0 Å². The van der Waals surface area contributed by atoms with Crippen molar-refractivity contribution in [3.05, 3.63) is 29.1 Å². The van der Waals surface area contributed by atoms with E-state index in [0.29, 0.717) is 24.9 Å². The number of nitrogens with zero attached hydrogens (tertiary/aromatic N) is 3. The number of ether oxygens (including phenoxy) is 1. The van der Waals surface area contributed by atoms with Crippen molar-refractivity contribution in [3.63, 3.8) is 0 Å². The lowest BCUT2D eigenvalue weighted by Gasteiger charge is -2.70. The molecular formula is C38H57N3O4. The number of aromatic nitrogens is 2. The van der Waals surface area contributed by atoms with Gasteiger partial charge < -0.3 is 9.57 Å². The van der Waals surface area contributed by atoms with Gasteiger partial charge in [0.25, 0.3) is 0 Å². The summed E-state index contributed by atoms with van der Waals surface area (Å²) >= 11 is 0. The Hall–Kier alpha value is -2.44. The minimum absolute atomic E-state index is 0.0268. The molecule has 0 N–H and O–H groups in total. The second-order valence-corrected chi connectivity index (χ2v) is 17.4. The fourth-order valence-corrected chi connectivity index (χ4v) is 11.6. The third kappa shape index (κ3) is 4.63. The molecule has 1 aromatic rings. The van der Waals surface area contributed by atoms with Gasteiger partial charge in [0, 0.05) is 18.4 Å². The number of ketones is 1. The van der Waals surface area contributed by atoms with E-state index < -0.39 is 5.41 Å². The maximum Gasteiger partial charge on any atom is 0.311 e. The number of carbonyl (C=O) groups is 2. The highest BCUT2D eigenvalue weighted by Crippen LogP contribution is 2.75. The molecule has 1 aromatic heterocycles. The first-order chi connectivity index (χ1) is 20.9. The Morgan fingerprint density at radius 1 is 1.04 bits per heavy atom. The Morgan fingerprint density at radius 2 is 1.76 bits per heavy atom. The van der Waals surface area contributed by atoms with Gasteiger partial charge in [-0.1, -0.05) is 52.3 Å². The largest absolute Gasteiger partial charge is 0.466 e. The van der Waals surface area contributed by atoms with Crippen LogP contribution in [0.1, 0.15) is 125 Å². The Balaban J connectivity index is 1.31. The summed E-state index contributed by atoms with van der Waals surface area (Å²) in [6, 6.07) is 2.04. The number of carbonyl (C=O) groups excluding carboxylic acids is 2. The van der Waals surface area contributed by atoms with Gasteiger partial charge in [-0.3, -0.25) is 14.3 Å². The average molecular weight is 620 g/mol. The summed E-state index contributed by atoms with van der Waals surface area (Å²) in [5, 5.41) is 9.19. The van der Waals surface area contributed by atoms with Crippen LogP contribution in [0.15, 0.2) is 22.9 Å². The van der Waals surface area contributed by atoms with Gasteiger partial charge in [-0.15, -0.1) is 0 Å². The van der Waals surface area contributed by atoms with E-state index in [0.717, 1.165) is 74.9 Å². The molecule has 0 amide bonds. The SMILES string of the molecule is CCOC(=O)[C@@]1(C)CC[C@]2(C)CC[C@]3(C)C(=CC(=O)[C@@H]4[C@@]5(C)CC/C(=N\OCc6cc(C)nn6C)C(C)(C)[C@@H]5CC[C@]43C)[C@@H]2C1. The monoisotopic (exact) mass is 619 g/mol. The van der Waals surface area contributed by atoms with Crippen molar-refractivity contribution in [1.82, 2.24) is 9.78 Å². The van der Waals surface area contributed by atoms with Gasteiger partial charge in [0.15, 0.2) is 12.4 Å². The Labute approximate surface area is 270 Å². The molecule has 7 nitrogen and oxygen atoms in total. The van der Waals surface area contributed by atoms with Crippen molar-refractivity contribution in [1.29, 1.82) is 0 Å². The van der Waals surface area contributed by atoms with Gasteiger partial charge >= 0.3 is 5.97 Å². The first-order valence-corrected chi connectivity index (χ1v) is 17.6. The normalized spacial score (nSPS) is 43.0. The second kappa shape index (κ2) is 10.5. The van der Waals surface area contributed by atoms with Crippen LogP contribution in [0, 0.1) is 57.2 Å². The molecule has 0 aliphatic heterocycles. The predicted molar refractivity (Wildman–Crippen MR) is 176 cm³/mol. The lowest BCUT2D eigenvalue weighted by molar-refractivity contribution is -0.177. The summed E-state index contributed by atoms with van der Waals surface area (Å²) in [4.78, 5) is 33.9. The minimum atomic E-state index is -0.496. The van der Waals surface area contributed by atoms with Crippen molar-refractivity contribution >= 4 is 17.5 Å². The molecule has 45 heavy (non-hydrogen) atoms. The molecule has 4 fully saturated rings. The molecule has 8 atom stereocenters. The number of fused-ring (bicyclic) bond motifs is 7. The average Bonchev–Trinajstić information content (AvgIpc) is 3.28. The maximum atomic E-state index is 14.7. The van der Waals surface area contributed by atoms with Crippen LogP contribution in [0.25, 0.3) is 0 Å². The van der Waals surface area contributed by atoms with Crippen molar-refractivity contribution in [2.45, 2.75) is 127 Å². The summed E-state index contributed by atoms with van der Waals surface area (Å²) in [5.74, 6) is 0.801. The van der Waals surface area contributed by atoms with E-state index in [-0.39, 0.29) is 44.9 Å². The van der Waals surface area contributed by atoms with Crippen molar-refractivity contribution in [2.75, 3.05) is 6.61 Å². The number of oxime groups is 1. The van der Waals surface area contributed by atoms with Gasteiger partial charge in [-0.2, -0.15) is 5.10 Å². The van der Waals surface area contributed by atoms with E-state index in [1.165, 1.54) is 5.57 Å². The number of allylic oxidation sites excluding steroid dienone is 2. The van der Waals surface area contributed by atoms with Crippen molar-refractivity contribution in [2.24, 2.45) is 62.4 Å².